The number of hydrogen-bond acceptors (Lipinski definition) is 3. The molecule has 1 saturated heterocycles. The molecule has 0 aliphatic carbocycles. The summed E-state index contributed by atoms with van der Waals surface area (Å²) in [5.74, 6) is 0.438. The smallest absolute Gasteiger partial charge is 0.194 e. The normalized spacial score (nSPS) is 18.5. The monoisotopic (exact) mass is 323 g/mol. The molecule has 128 valence electrons. The molecule has 5 nitrogen and oxygen atoms in total. The van der Waals surface area contributed by atoms with Gasteiger partial charge < -0.3 is 20.1 Å². The number of phenolic OH excluding ortho intramolecular Hbond substituents is 1. The summed E-state index contributed by atoms with van der Waals surface area (Å²) in [5.41, 5.74) is 0.737. The van der Waals surface area contributed by atoms with Crippen molar-refractivity contribution in [2.45, 2.75) is 26.8 Å². The summed E-state index contributed by atoms with van der Waals surface area (Å²) >= 11 is 0. The van der Waals surface area contributed by atoms with Crippen LogP contribution in [0.25, 0.3) is 0 Å². The van der Waals surface area contributed by atoms with Crippen LogP contribution in [0.1, 0.15) is 25.8 Å². The van der Waals surface area contributed by atoms with E-state index >= 15 is 0 Å². The lowest BCUT2D eigenvalue weighted by Crippen LogP contribution is -2.40. The number of guanidine groups is 1. The lowest BCUT2D eigenvalue weighted by molar-refractivity contribution is 0.114. The Labute approximate surface area is 137 Å². The molecule has 2 N–H and O–H groups in total. The van der Waals surface area contributed by atoms with Gasteiger partial charge in [0.25, 0.3) is 0 Å². The average molecular weight is 323 g/mol. The quantitative estimate of drug-likeness (QED) is 0.623. The van der Waals surface area contributed by atoms with Gasteiger partial charge in [-0.05, 0) is 38.0 Å². The van der Waals surface area contributed by atoms with Gasteiger partial charge in [0.2, 0.25) is 0 Å². The van der Waals surface area contributed by atoms with Crippen LogP contribution in [0, 0.1) is 11.7 Å². The SMILES string of the molecule is CCNC(=NCc1ccc(O)c(F)c1)N1CCC(COCC)C1. The summed E-state index contributed by atoms with van der Waals surface area (Å²) in [5, 5.41) is 12.5. The third-order valence-electron chi connectivity index (χ3n) is 3.90. The Bertz CT molecular complexity index is 537. The molecule has 0 spiro atoms. The molecule has 0 saturated carbocycles. The molecule has 6 heteroatoms. The number of nitrogens with zero attached hydrogens (tertiary/aromatic N) is 2. The van der Waals surface area contributed by atoms with E-state index in [0.29, 0.717) is 12.5 Å². The van der Waals surface area contributed by atoms with Crippen molar-refractivity contribution in [3.8, 4) is 5.75 Å². The fraction of sp³-hybridized carbons (Fsp3) is 0.588. The number of aliphatic imine (C=N–C) groups is 1. The Kier molecular flexibility index (Phi) is 6.65. The van der Waals surface area contributed by atoms with Crippen molar-refractivity contribution >= 4 is 5.96 Å². The van der Waals surface area contributed by atoms with Gasteiger partial charge in [0.15, 0.2) is 17.5 Å². The van der Waals surface area contributed by atoms with Crippen LogP contribution < -0.4 is 5.32 Å². The molecule has 1 unspecified atom stereocenters. The second kappa shape index (κ2) is 8.72. The van der Waals surface area contributed by atoms with Gasteiger partial charge in [-0.15, -0.1) is 0 Å². The third-order valence-corrected chi connectivity index (χ3v) is 3.90. The molecular weight excluding hydrogens is 297 g/mol. The highest BCUT2D eigenvalue weighted by molar-refractivity contribution is 5.80. The van der Waals surface area contributed by atoms with E-state index in [0.717, 1.165) is 50.8 Å². The second-order valence-corrected chi connectivity index (χ2v) is 5.72. The van der Waals surface area contributed by atoms with Gasteiger partial charge in [0.05, 0.1) is 13.2 Å². The minimum atomic E-state index is -0.611. The van der Waals surface area contributed by atoms with Crippen LogP contribution in [0.4, 0.5) is 4.39 Å². The lowest BCUT2D eigenvalue weighted by atomic mass is 10.1. The maximum Gasteiger partial charge on any atom is 0.194 e. The number of halogens is 1. The van der Waals surface area contributed by atoms with Crippen molar-refractivity contribution in [1.29, 1.82) is 0 Å². The summed E-state index contributed by atoms with van der Waals surface area (Å²) in [4.78, 5) is 6.82. The van der Waals surface area contributed by atoms with Gasteiger partial charge in [0, 0.05) is 32.2 Å². The van der Waals surface area contributed by atoms with Gasteiger partial charge in [-0.3, -0.25) is 0 Å². The number of nitrogens with one attached hydrogen (secondary N) is 1. The first-order valence-corrected chi connectivity index (χ1v) is 8.22. The van der Waals surface area contributed by atoms with Crippen molar-refractivity contribution in [3.05, 3.63) is 29.6 Å². The van der Waals surface area contributed by atoms with E-state index in [9.17, 15) is 9.50 Å². The average Bonchev–Trinajstić information content (AvgIpc) is 3.01. The molecule has 2 rings (SSSR count). The first-order chi connectivity index (χ1) is 11.1. The zero-order valence-electron chi connectivity index (χ0n) is 13.9. The zero-order chi connectivity index (χ0) is 16.7. The van der Waals surface area contributed by atoms with E-state index in [1.165, 1.54) is 12.1 Å². The number of ether oxygens (including phenoxy) is 1. The number of aromatic hydroxyl groups is 1. The highest BCUT2D eigenvalue weighted by atomic mass is 19.1. The van der Waals surface area contributed by atoms with Crippen LogP contribution >= 0.6 is 0 Å². The molecule has 23 heavy (non-hydrogen) atoms. The van der Waals surface area contributed by atoms with E-state index < -0.39 is 5.82 Å². The van der Waals surface area contributed by atoms with Crippen molar-refractivity contribution in [2.24, 2.45) is 10.9 Å². The van der Waals surface area contributed by atoms with Crippen molar-refractivity contribution in [3.63, 3.8) is 0 Å². The molecule has 0 aromatic heterocycles. The maximum absolute atomic E-state index is 13.4. The van der Waals surface area contributed by atoms with Crippen molar-refractivity contribution in [1.82, 2.24) is 10.2 Å². The highest BCUT2D eigenvalue weighted by Crippen LogP contribution is 2.18. The lowest BCUT2D eigenvalue weighted by Gasteiger charge is -2.21. The summed E-state index contributed by atoms with van der Waals surface area (Å²) in [6, 6.07) is 4.37. The molecule has 0 amide bonds. The Morgan fingerprint density at radius 1 is 1.48 bits per heavy atom. The Morgan fingerprint density at radius 3 is 3.00 bits per heavy atom. The van der Waals surface area contributed by atoms with Gasteiger partial charge in [-0.1, -0.05) is 6.07 Å². The fourth-order valence-corrected chi connectivity index (χ4v) is 2.69. The minimum Gasteiger partial charge on any atom is -0.505 e. The summed E-state index contributed by atoms with van der Waals surface area (Å²) in [6.45, 7) is 8.62. The highest BCUT2D eigenvalue weighted by Gasteiger charge is 2.24. The van der Waals surface area contributed by atoms with Crippen LogP contribution in [0.15, 0.2) is 23.2 Å². The molecule has 1 aliphatic rings. The first kappa shape index (κ1) is 17.5. The van der Waals surface area contributed by atoms with Crippen LogP contribution in [0.2, 0.25) is 0 Å². The second-order valence-electron chi connectivity index (χ2n) is 5.72. The first-order valence-electron chi connectivity index (χ1n) is 8.22. The summed E-state index contributed by atoms with van der Waals surface area (Å²) < 4.78 is 18.9. The number of likely N-dealkylation sites (tertiary alicyclic amines) is 1. The number of phenols is 1. The van der Waals surface area contributed by atoms with Gasteiger partial charge in [-0.2, -0.15) is 0 Å². The summed E-state index contributed by atoms with van der Waals surface area (Å²) in [6.07, 6.45) is 1.10. The Balaban J connectivity index is 1.98. The maximum atomic E-state index is 13.4. The van der Waals surface area contributed by atoms with Crippen molar-refractivity contribution < 1.29 is 14.2 Å². The predicted molar refractivity (Wildman–Crippen MR) is 89.1 cm³/mol. The molecule has 1 aliphatic heterocycles. The van der Waals surface area contributed by atoms with E-state index in [2.05, 4.69) is 15.2 Å². The summed E-state index contributed by atoms with van der Waals surface area (Å²) in [7, 11) is 0. The number of benzene rings is 1. The minimum absolute atomic E-state index is 0.331. The molecule has 1 aromatic carbocycles. The zero-order valence-corrected chi connectivity index (χ0v) is 13.9. The number of rotatable bonds is 6. The van der Waals surface area contributed by atoms with E-state index in [1.807, 2.05) is 13.8 Å². The van der Waals surface area contributed by atoms with Gasteiger partial charge >= 0.3 is 0 Å². The van der Waals surface area contributed by atoms with Crippen LogP contribution in [-0.2, 0) is 11.3 Å². The van der Waals surface area contributed by atoms with Gasteiger partial charge in [-0.25, -0.2) is 9.38 Å². The molecule has 0 radical (unpaired) electrons. The fourth-order valence-electron chi connectivity index (χ4n) is 2.69. The van der Waals surface area contributed by atoms with Crippen molar-refractivity contribution in [2.75, 3.05) is 32.8 Å². The largest absolute Gasteiger partial charge is 0.505 e. The van der Waals surface area contributed by atoms with E-state index in [4.69, 9.17) is 4.74 Å². The molecule has 0 bridgehead atoms. The molecule has 1 fully saturated rings. The van der Waals surface area contributed by atoms with E-state index in [1.54, 1.807) is 6.07 Å². The van der Waals surface area contributed by atoms with Crippen LogP contribution in [0.3, 0.4) is 0 Å². The molecule has 1 atom stereocenters. The molecule has 1 heterocycles. The van der Waals surface area contributed by atoms with Gasteiger partial charge in [0.1, 0.15) is 0 Å². The van der Waals surface area contributed by atoms with Crippen LogP contribution in [-0.4, -0.2) is 48.8 Å². The van der Waals surface area contributed by atoms with Crippen LogP contribution in [0.5, 0.6) is 5.75 Å². The Hall–Kier alpha value is -1.82. The molecular formula is C17H26FN3O2. The molecule has 1 aromatic rings. The Morgan fingerprint density at radius 2 is 2.30 bits per heavy atom. The number of hydrogen-bond donors (Lipinski definition) is 2. The van der Waals surface area contributed by atoms with E-state index in [-0.39, 0.29) is 5.75 Å². The topological polar surface area (TPSA) is 57.1 Å². The standard InChI is InChI=1S/C17H26FN3O2/c1-3-19-17(21-8-7-14(11-21)12-23-4-2)20-10-13-5-6-16(22)15(18)9-13/h5-6,9,14,22H,3-4,7-8,10-12H2,1-2H3,(H,19,20). The third kappa shape index (κ3) is 5.10. The predicted octanol–water partition coefficient (Wildman–Crippen LogP) is 2.36.